The van der Waals surface area contributed by atoms with E-state index in [2.05, 4.69) is 5.32 Å². The Morgan fingerprint density at radius 2 is 1.77 bits per heavy atom. The highest BCUT2D eigenvalue weighted by Crippen LogP contribution is 2.38. The summed E-state index contributed by atoms with van der Waals surface area (Å²) in [5, 5.41) is 1.63. The smallest absolute Gasteiger partial charge is 0.224 e. The predicted octanol–water partition coefficient (Wildman–Crippen LogP) is 5.19. The molecule has 0 saturated heterocycles. The Kier molecular flexibility index (Phi) is 6.85. The van der Waals surface area contributed by atoms with Crippen LogP contribution in [0.25, 0.3) is 0 Å². The fourth-order valence-electron chi connectivity index (χ4n) is 3.09. The van der Waals surface area contributed by atoms with Crippen molar-refractivity contribution in [3.05, 3.63) is 88.0 Å². The van der Waals surface area contributed by atoms with Gasteiger partial charge in [-0.05, 0) is 54.6 Å². The van der Waals surface area contributed by atoms with Crippen molar-refractivity contribution >= 4 is 38.9 Å². The van der Waals surface area contributed by atoms with E-state index >= 15 is 0 Å². The minimum atomic E-state index is -4.17. The van der Waals surface area contributed by atoms with Crippen LogP contribution in [0.5, 0.6) is 0 Å². The summed E-state index contributed by atoms with van der Waals surface area (Å²) in [5.41, 5.74) is -0.182. The van der Waals surface area contributed by atoms with Gasteiger partial charge in [-0.15, -0.1) is 0 Å². The second-order valence-corrected chi connectivity index (χ2v) is 9.61. The van der Waals surface area contributed by atoms with Crippen molar-refractivity contribution in [3.63, 3.8) is 0 Å². The van der Waals surface area contributed by atoms with Gasteiger partial charge in [0.05, 0.1) is 23.6 Å². The molecule has 1 unspecified atom stereocenters. The van der Waals surface area contributed by atoms with Crippen molar-refractivity contribution in [2.75, 3.05) is 0 Å². The maximum Gasteiger partial charge on any atom is 0.224 e. The van der Waals surface area contributed by atoms with Crippen LogP contribution in [0.1, 0.15) is 23.5 Å². The number of amides is 1. The summed E-state index contributed by atoms with van der Waals surface area (Å²) in [6.45, 7) is 1.50. The SMILES string of the molecule is C[C@H](C(=O)NCc1ccco1)C(c1cc(Cl)ccc1F)S(=O)(=O)c1ccc(Cl)cc1. The summed E-state index contributed by atoms with van der Waals surface area (Å²) < 4.78 is 46.7. The fourth-order valence-corrected chi connectivity index (χ4v) is 5.39. The van der Waals surface area contributed by atoms with Gasteiger partial charge >= 0.3 is 0 Å². The maximum absolute atomic E-state index is 14.7. The van der Waals surface area contributed by atoms with Crippen LogP contribution >= 0.6 is 23.2 Å². The lowest BCUT2D eigenvalue weighted by Crippen LogP contribution is -2.35. The molecule has 158 valence electrons. The van der Waals surface area contributed by atoms with Gasteiger partial charge in [0.15, 0.2) is 9.84 Å². The van der Waals surface area contributed by atoms with E-state index in [4.69, 9.17) is 27.6 Å². The fraction of sp³-hybridized carbons (Fsp3) is 0.190. The van der Waals surface area contributed by atoms with Crippen LogP contribution in [-0.2, 0) is 21.2 Å². The number of rotatable bonds is 7. The molecule has 0 bridgehead atoms. The zero-order valence-corrected chi connectivity index (χ0v) is 18.1. The first kappa shape index (κ1) is 22.3. The minimum Gasteiger partial charge on any atom is -0.467 e. The van der Waals surface area contributed by atoms with Crippen molar-refractivity contribution in [2.45, 2.75) is 23.6 Å². The van der Waals surface area contributed by atoms with Gasteiger partial charge in [-0.2, -0.15) is 0 Å². The molecule has 0 spiro atoms. The van der Waals surface area contributed by atoms with Gasteiger partial charge < -0.3 is 9.73 Å². The molecule has 0 saturated carbocycles. The molecule has 0 radical (unpaired) electrons. The number of hydrogen-bond acceptors (Lipinski definition) is 4. The van der Waals surface area contributed by atoms with Crippen molar-refractivity contribution < 1.29 is 22.0 Å². The van der Waals surface area contributed by atoms with E-state index in [1.54, 1.807) is 12.1 Å². The first-order valence-corrected chi connectivity index (χ1v) is 11.2. The Morgan fingerprint density at radius 1 is 1.10 bits per heavy atom. The molecule has 1 heterocycles. The van der Waals surface area contributed by atoms with Crippen LogP contribution in [0.4, 0.5) is 4.39 Å². The molecule has 30 heavy (non-hydrogen) atoms. The van der Waals surface area contributed by atoms with Crippen LogP contribution in [0.2, 0.25) is 10.0 Å². The van der Waals surface area contributed by atoms with Crippen molar-refractivity contribution in [1.29, 1.82) is 0 Å². The van der Waals surface area contributed by atoms with E-state index in [9.17, 15) is 17.6 Å². The summed E-state index contributed by atoms with van der Waals surface area (Å²) in [5.74, 6) is -1.98. The molecule has 2 aromatic carbocycles. The third kappa shape index (κ3) is 4.86. The summed E-state index contributed by atoms with van der Waals surface area (Å²) in [7, 11) is -4.17. The second kappa shape index (κ2) is 9.20. The minimum absolute atomic E-state index is 0.0713. The number of carbonyl (C=O) groups excluding carboxylic acids is 1. The molecule has 0 aliphatic rings. The van der Waals surface area contributed by atoms with Crippen LogP contribution in [0.15, 0.2) is 70.2 Å². The molecule has 1 amide bonds. The number of benzene rings is 2. The number of carbonyl (C=O) groups is 1. The molecule has 3 rings (SSSR count). The van der Waals surface area contributed by atoms with Crippen LogP contribution in [0, 0.1) is 11.7 Å². The Hall–Kier alpha value is -2.35. The second-order valence-electron chi connectivity index (χ2n) is 6.67. The molecular weight excluding hydrogens is 452 g/mol. The average Bonchev–Trinajstić information content (AvgIpc) is 3.22. The summed E-state index contributed by atoms with van der Waals surface area (Å²) in [4.78, 5) is 12.7. The van der Waals surface area contributed by atoms with Crippen molar-refractivity contribution in [1.82, 2.24) is 5.32 Å². The van der Waals surface area contributed by atoms with E-state index in [1.807, 2.05) is 0 Å². The normalized spacial score (nSPS) is 13.6. The zero-order valence-electron chi connectivity index (χ0n) is 15.8. The lowest BCUT2D eigenvalue weighted by atomic mass is 9.99. The molecular formula is C21H18Cl2FNO4S. The summed E-state index contributed by atoms with van der Waals surface area (Å²) in [6.07, 6.45) is 1.46. The Balaban J connectivity index is 2.01. The van der Waals surface area contributed by atoms with Gasteiger partial charge in [0, 0.05) is 15.6 Å². The number of sulfone groups is 1. The molecule has 0 fully saturated rings. The van der Waals surface area contributed by atoms with E-state index in [1.165, 1.54) is 49.6 Å². The number of furan rings is 1. The third-order valence-corrected chi connectivity index (χ3v) is 7.37. The highest BCUT2D eigenvalue weighted by Gasteiger charge is 2.39. The van der Waals surface area contributed by atoms with Crippen LogP contribution < -0.4 is 5.32 Å². The summed E-state index contributed by atoms with van der Waals surface area (Å²) >= 11 is 11.9. The molecule has 3 aromatic rings. The van der Waals surface area contributed by atoms with Crippen LogP contribution in [0.3, 0.4) is 0 Å². The highest BCUT2D eigenvalue weighted by molar-refractivity contribution is 7.91. The molecule has 9 heteroatoms. The Labute approximate surface area is 183 Å². The molecule has 1 N–H and O–H groups in total. The van der Waals surface area contributed by atoms with Gasteiger partial charge in [0.25, 0.3) is 0 Å². The highest BCUT2D eigenvalue weighted by atomic mass is 35.5. The standard InChI is InChI=1S/C21H18Cl2FNO4S/c1-13(21(26)25-12-16-3-2-10-29-16)20(18-11-15(23)6-9-19(18)24)30(27,28)17-7-4-14(22)5-8-17/h2-11,13,20H,12H2,1H3,(H,25,26)/t13-,20?/m0/s1. The van der Waals surface area contributed by atoms with E-state index in [-0.39, 0.29) is 22.0 Å². The lowest BCUT2D eigenvalue weighted by molar-refractivity contribution is -0.124. The van der Waals surface area contributed by atoms with Gasteiger partial charge in [0.2, 0.25) is 5.91 Å². The summed E-state index contributed by atoms with van der Waals surface area (Å²) in [6, 6.07) is 12.4. The quantitative estimate of drug-likeness (QED) is 0.516. The van der Waals surface area contributed by atoms with E-state index in [0.29, 0.717) is 10.8 Å². The van der Waals surface area contributed by atoms with E-state index < -0.39 is 32.7 Å². The number of halogens is 3. The predicted molar refractivity (Wildman–Crippen MR) is 113 cm³/mol. The van der Waals surface area contributed by atoms with Gasteiger partial charge in [0.1, 0.15) is 16.8 Å². The average molecular weight is 470 g/mol. The molecule has 0 aliphatic carbocycles. The number of hydrogen-bond donors (Lipinski definition) is 1. The van der Waals surface area contributed by atoms with E-state index in [0.717, 1.165) is 6.07 Å². The Bertz CT molecular complexity index is 1130. The maximum atomic E-state index is 14.7. The molecule has 2 atom stereocenters. The lowest BCUT2D eigenvalue weighted by Gasteiger charge is -2.24. The van der Waals surface area contributed by atoms with Gasteiger partial charge in [-0.1, -0.05) is 30.1 Å². The molecule has 5 nitrogen and oxygen atoms in total. The largest absolute Gasteiger partial charge is 0.467 e. The van der Waals surface area contributed by atoms with Crippen molar-refractivity contribution in [3.8, 4) is 0 Å². The monoisotopic (exact) mass is 469 g/mol. The molecule has 1 aromatic heterocycles. The molecule has 0 aliphatic heterocycles. The topological polar surface area (TPSA) is 76.4 Å². The van der Waals surface area contributed by atoms with Crippen molar-refractivity contribution in [2.24, 2.45) is 5.92 Å². The van der Waals surface area contributed by atoms with Crippen LogP contribution in [-0.4, -0.2) is 14.3 Å². The first-order chi connectivity index (χ1) is 14.2. The zero-order chi connectivity index (χ0) is 21.9. The van der Waals surface area contributed by atoms with Gasteiger partial charge in [-0.25, -0.2) is 12.8 Å². The third-order valence-electron chi connectivity index (χ3n) is 4.63. The Morgan fingerprint density at radius 3 is 2.40 bits per heavy atom. The first-order valence-electron chi connectivity index (χ1n) is 8.94. The van der Waals surface area contributed by atoms with Gasteiger partial charge in [-0.3, -0.25) is 4.79 Å². The number of nitrogens with one attached hydrogen (secondary N) is 1.